The molecule has 53 heavy (non-hydrogen) atoms. The molecular weight excluding hydrogens is 681 g/mol. The van der Waals surface area contributed by atoms with Crippen LogP contribution in [0.15, 0.2) is 89.8 Å². The summed E-state index contributed by atoms with van der Waals surface area (Å²) in [5, 5.41) is 9.11. The highest BCUT2D eigenvalue weighted by Gasteiger charge is 2.24. The van der Waals surface area contributed by atoms with Gasteiger partial charge in [0.25, 0.3) is 5.91 Å². The van der Waals surface area contributed by atoms with Gasteiger partial charge >= 0.3 is 0 Å². The maximum atomic E-state index is 15.9. The summed E-state index contributed by atoms with van der Waals surface area (Å²) in [6, 6.07) is 9.52. The Labute approximate surface area is 307 Å². The normalized spacial score (nSPS) is 21.5. The fourth-order valence-corrected chi connectivity index (χ4v) is 6.76. The monoisotopic (exact) mass is 725 g/mol. The molecule has 0 bridgehead atoms. The molecule has 4 aliphatic rings. The van der Waals surface area contributed by atoms with Crippen molar-refractivity contribution in [2.24, 2.45) is 11.7 Å². The van der Waals surface area contributed by atoms with Gasteiger partial charge in [-0.15, -0.1) is 0 Å². The van der Waals surface area contributed by atoms with E-state index in [2.05, 4.69) is 16.0 Å². The van der Waals surface area contributed by atoms with E-state index >= 15 is 4.39 Å². The molecule has 0 aliphatic carbocycles. The third kappa shape index (κ3) is 8.39. The highest BCUT2D eigenvalue weighted by Crippen LogP contribution is 2.35. The Morgan fingerprint density at radius 2 is 1.92 bits per heavy atom. The lowest BCUT2D eigenvalue weighted by Gasteiger charge is -2.25. The molecule has 2 aromatic carbocycles. The van der Waals surface area contributed by atoms with Crippen molar-refractivity contribution >= 4 is 22.7 Å². The molecule has 0 spiro atoms. The summed E-state index contributed by atoms with van der Waals surface area (Å²) in [5.41, 5.74) is 9.98. The molecule has 12 nitrogen and oxygen atoms in total. The van der Waals surface area contributed by atoms with Crippen molar-refractivity contribution in [3.63, 3.8) is 0 Å². The topological polar surface area (TPSA) is 147 Å². The number of rotatable bonds is 11. The zero-order valence-electron chi connectivity index (χ0n) is 29.7. The van der Waals surface area contributed by atoms with E-state index in [1.165, 1.54) is 6.07 Å². The number of anilines is 1. The number of hydrogen-bond acceptors (Lipinski definition) is 10. The van der Waals surface area contributed by atoms with E-state index in [0.717, 1.165) is 29.6 Å². The summed E-state index contributed by atoms with van der Waals surface area (Å²) in [4.78, 5) is 27.5. The third-order valence-corrected chi connectivity index (χ3v) is 9.75. The van der Waals surface area contributed by atoms with Crippen molar-refractivity contribution in [1.29, 1.82) is 0 Å². The number of carbonyl (C=O) groups excluding carboxylic acids is 1. The Kier molecular flexibility index (Phi) is 11.1. The summed E-state index contributed by atoms with van der Waals surface area (Å²) < 4.78 is 45.5. The molecule has 2 fully saturated rings. The van der Waals surface area contributed by atoms with Gasteiger partial charge in [0.15, 0.2) is 16.9 Å². The highest BCUT2D eigenvalue weighted by atomic mass is 19.1. The number of amides is 1. The maximum absolute atomic E-state index is 15.9. The van der Waals surface area contributed by atoms with Gasteiger partial charge in [0, 0.05) is 61.4 Å². The number of pyridine rings is 1. The molecule has 3 unspecified atom stereocenters. The van der Waals surface area contributed by atoms with Crippen LogP contribution in [0.4, 0.5) is 10.1 Å². The quantitative estimate of drug-likeness (QED) is 0.217. The van der Waals surface area contributed by atoms with Gasteiger partial charge in [0.2, 0.25) is 0 Å². The summed E-state index contributed by atoms with van der Waals surface area (Å²) in [5.74, 6) is 0.226. The van der Waals surface area contributed by atoms with E-state index in [9.17, 15) is 9.59 Å². The Morgan fingerprint density at radius 1 is 1.08 bits per heavy atom. The van der Waals surface area contributed by atoms with Crippen LogP contribution < -0.4 is 36.6 Å². The van der Waals surface area contributed by atoms with Gasteiger partial charge < -0.3 is 49.9 Å². The molecule has 7 rings (SSSR count). The molecule has 1 aromatic heterocycles. The van der Waals surface area contributed by atoms with E-state index in [1.54, 1.807) is 37.7 Å². The minimum absolute atomic E-state index is 0.0238. The first-order chi connectivity index (χ1) is 25.7. The molecule has 0 radical (unpaired) electrons. The summed E-state index contributed by atoms with van der Waals surface area (Å²) in [6.07, 6.45) is 13.6. The molecule has 2 saturated heterocycles. The lowest BCUT2D eigenvalue weighted by atomic mass is 9.94. The molecule has 4 aliphatic heterocycles. The van der Waals surface area contributed by atoms with E-state index in [4.69, 9.17) is 29.4 Å². The number of halogens is 1. The SMILES string of the molecule is COc1cc(C2=CNC(N)C(c3ccc(NC(=O)c4cn(CC5CCOCC5)cc(C5C=CC(C)=CN5)c4=O)cc3F)=C2)ccc1OCC1COCO1. The van der Waals surface area contributed by atoms with Crippen molar-refractivity contribution in [2.45, 2.75) is 44.6 Å². The van der Waals surface area contributed by atoms with Crippen LogP contribution in [0.2, 0.25) is 0 Å². The second-order valence-electron chi connectivity index (χ2n) is 13.5. The lowest BCUT2D eigenvalue weighted by molar-refractivity contribution is 0.0317. The first kappa shape index (κ1) is 36.2. The molecule has 3 atom stereocenters. The van der Waals surface area contributed by atoms with Gasteiger partial charge in [-0.3, -0.25) is 9.59 Å². The summed E-state index contributed by atoms with van der Waals surface area (Å²) in [7, 11) is 1.56. The number of carbonyl (C=O) groups is 1. The van der Waals surface area contributed by atoms with Crippen LogP contribution in [0.5, 0.6) is 11.5 Å². The number of ether oxygens (including phenoxy) is 5. The number of allylic oxidation sites excluding steroid dienone is 4. The second kappa shape index (κ2) is 16.2. The Hall–Kier alpha value is -5.21. The Morgan fingerprint density at radius 3 is 2.66 bits per heavy atom. The van der Waals surface area contributed by atoms with Gasteiger partial charge in [-0.2, -0.15) is 0 Å². The Balaban J connectivity index is 1.10. The van der Waals surface area contributed by atoms with E-state index in [-0.39, 0.29) is 29.7 Å². The van der Waals surface area contributed by atoms with Crippen LogP contribution in [0, 0.1) is 11.7 Å². The number of hydrogen-bond donors (Lipinski definition) is 4. The standard InChI is InChI=1S/C40H44FN5O7/c1-24-3-7-35(43-16-24)32-19-46(18-25-9-11-50-12-10-25)20-33(38(32)47)40(48)45-28-5-6-30(34(41)15-28)31-13-27(17-44-39(31)42)26-4-8-36(37(14-26)49-2)52-22-29-21-51-23-53-29/h3-8,13-17,19-20,25,29,35,39,43-44H,9-12,18,21-23,42H2,1-2H3,(H,45,48). The van der Waals surface area contributed by atoms with Crippen LogP contribution in [0.1, 0.15) is 52.9 Å². The van der Waals surface area contributed by atoms with Crippen molar-refractivity contribution in [1.82, 2.24) is 15.2 Å². The molecule has 3 aromatic rings. The van der Waals surface area contributed by atoms with Gasteiger partial charge in [0.1, 0.15) is 37.1 Å². The van der Waals surface area contributed by atoms with Crippen LogP contribution in [-0.4, -0.2) is 63.1 Å². The predicted molar refractivity (Wildman–Crippen MR) is 199 cm³/mol. The zero-order valence-corrected chi connectivity index (χ0v) is 29.7. The number of nitrogens with one attached hydrogen (secondary N) is 3. The molecule has 278 valence electrons. The van der Waals surface area contributed by atoms with Crippen molar-refractivity contribution in [2.75, 3.05) is 45.6 Å². The highest BCUT2D eigenvalue weighted by molar-refractivity contribution is 6.04. The van der Waals surface area contributed by atoms with Gasteiger partial charge in [0.05, 0.1) is 19.8 Å². The molecule has 0 saturated carbocycles. The van der Waals surface area contributed by atoms with Crippen LogP contribution in [0.25, 0.3) is 11.1 Å². The van der Waals surface area contributed by atoms with Crippen LogP contribution in [-0.2, 0) is 20.8 Å². The number of nitrogens with two attached hydrogens (primary N) is 1. The fourth-order valence-electron chi connectivity index (χ4n) is 6.76. The predicted octanol–water partition coefficient (Wildman–Crippen LogP) is 4.84. The molecule has 13 heteroatoms. The van der Waals surface area contributed by atoms with Gasteiger partial charge in [-0.1, -0.05) is 18.2 Å². The number of aromatic nitrogens is 1. The van der Waals surface area contributed by atoms with Crippen molar-refractivity contribution in [3.05, 3.63) is 123 Å². The van der Waals surface area contributed by atoms with Gasteiger partial charge in [-0.05, 0) is 84.4 Å². The molecule has 5 heterocycles. The number of benzene rings is 2. The van der Waals surface area contributed by atoms with Crippen molar-refractivity contribution < 1.29 is 32.9 Å². The number of nitrogens with zero attached hydrogens (tertiary/aromatic N) is 1. The number of dihydropyridines is 2. The summed E-state index contributed by atoms with van der Waals surface area (Å²) in [6.45, 7) is 5.01. The van der Waals surface area contributed by atoms with Crippen molar-refractivity contribution in [3.8, 4) is 11.5 Å². The smallest absolute Gasteiger partial charge is 0.261 e. The van der Waals surface area contributed by atoms with E-state index in [0.29, 0.717) is 61.5 Å². The fraction of sp³-hybridized carbons (Fsp3) is 0.350. The molecule has 5 N–H and O–H groups in total. The zero-order chi connectivity index (χ0) is 36.9. The molecular formula is C40H44FN5O7. The minimum atomic E-state index is -0.690. The van der Waals surface area contributed by atoms with E-state index < -0.39 is 29.4 Å². The maximum Gasteiger partial charge on any atom is 0.261 e. The lowest BCUT2D eigenvalue weighted by Crippen LogP contribution is -2.37. The van der Waals surface area contributed by atoms with E-state index in [1.807, 2.05) is 54.2 Å². The van der Waals surface area contributed by atoms with Gasteiger partial charge in [-0.25, -0.2) is 4.39 Å². The van der Waals surface area contributed by atoms with Crippen LogP contribution in [0.3, 0.4) is 0 Å². The molecule has 1 amide bonds. The first-order valence-corrected chi connectivity index (χ1v) is 17.7. The number of methoxy groups -OCH3 is 1. The average Bonchev–Trinajstić information content (AvgIpc) is 3.70. The second-order valence-corrected chi connectivity index (χ2v) is 13.5. The largest absolute Gasteiger partial charge is 0.493 e. The third-order valence-electron chi connectivity index (χ3n) is 9.75. The first-order valence-electron chi connectivity index (χ1n) is 17.7. The Bertz CT molecular complexity index is 2030. The summed E-state index contributed by atoms with van der Waals surface area (Å²) >= 11 is 0. The minimum Gasteiger partial charge on any atom is -0.493 e. The van der Waals surface area contributed by atoms with Crippen LogP contribution >= 0.6 is 0 Å². The average molecular weight is 726 g/mol.